The molecule has 2 atom stereocenters. The van der Waals surface area contributed by atoms with E-state index in [1.165, 1.54) is 12.1 Å². The van der Waals surface area contributed by atoms with Crippen molar-refractivity contribution < 1.29 is 18.3 Å². The van der Waals surface area contributed by atoms with E-state index >= 15 is 0 Å². The molecule has 0 aliphatic heterocycles. The van der Waals surface area contributed by atoms with Gasteiger partial charge in [-0.25, -0.2) is 13.1 Å². The van der Waals surface area contributed by atoms with Crippen LogP contribution < -0.4 is 4.72 Å². The average Bonchev–Trinajstić information content (AvgIpc) is 2.67. The van der Waals surface area contributed by atoms with Crippen LogP contribution in [0.3, 0.4) is 0 Å². The summed E-state index contributed by atoms with van der Waals surface area (Å²) >= 11 is 6.71. The molecular formula is C12H16ClNO4S2. The molecule has 0 amide bonds. The van der Waals surface area contributed by atoms with Crippen molar-refractivity contribution >= 4 is 38.9 Å². The monoisotopic (exact) mass is 337 g/mol. The lowest BCUT2D eigenvalue weighted by Gasteiger charge is -2.22. The molecule has 2 unspecified atom stereocenters. The van der Waals surface area contributed by atoms with E-state index in [0.717, 1.165) is 30.6 Å². The first-order valence-corrected chi connectivity index (χ1v) is 9.08. The number of sulfonamides is 1. The summed E-state index contributed by atoms with van der Waals surface area (Å²) in [5.41, 5.74) is 0. The molecule has 1 aromatic heterocycles. The molecule has 2 N–H and O–H groups in total. The summed E-state index contributed by atoms with van der Waals surface area (Å²) in [5, 5.41) is 9.25. The molecule has 20 heavy (non-hydrogen) atoms. The van der Waals surface area contributed by atoms with Crippen molar-refractivity contribution in [3.63, 3.8) is 0 Å². The lowest BCUT2D eigenvalue weighted by molar-refractivity contribution is -0.142. The van der Waals surface area contributed by atoms with Gasteiger partial charge >= 0.3 is 5.97 Å². The molecule has 1 aliphatic rings. The Labute approximate surface area is 127 Å². The second-order valence-electron chi connectivity index (χ2n) is 4.87. The SMILES string of the molecule is O=C(O)C1CCCCCC1NS(=O)(=O)c1ccc(Cl)s1. The summed E-state index contributed by atoms with van der Waals surface area (Å²) in [5.74, 6) is -1.61. The van der Waals surface area contributed by atoms with Crippen LogP contribution in [0.5, 0.6) is 0 Å². The van der Waals surface area contributed by atoms with Gasteiger partial charge in [-0.1, -0.05) is 30.9 Å². The Morgan fingerprint density at radius 1 is 1.30 bits per heavy atom. The van der Waals surface area contributed by atoms with Crippen LogP contribution in [-0.4, -0.2) is 25.5 Å². The van der Waals surface area contributed by atoms with E-state index in [-0.39, 0.29) is 4.21 Å². The number of rotatable bonds is 4. The number of hydrogen-bond donors (Lipinski definition) is 2. The van der Waals surface area contributed by atoms with Crippen molar-refractivity contribution in [2.45, 2.75) is 42.4 Å². The second-order valence-corrected chi connectivity index (χ2v) is 8.52. The van der Waals surface area contributed by atoms with Gasteiger partial charge in [0, 0.05) is 6.04 Å². The molecule has 0 bridgehead atoms. The third-order valence-electron chi connectivity index (χ3n) is 3.45. The summed E-state index contributed by atoms with van der Waals surface area (Å²) in [4.78, 5) is 11.3. The molecule has 1 heterocycles. The van der Waals surface area contributed by atoms with Gasteiger partial charge in [0.05, 0.1) is 10.3 Å². The van der Waals surface area contributed by atoms with Crippen LogP contribution in [0.2, 0.25) is 4.34 Å². The van der Waals surface area contributed by atoms with E-state index in [0.29, 0.717) is 17.2 Å². The maximum absolute atomic E-state index is 12.2. The molecule has 1 fully saturated rings. The van der Waals surface area contributed by atoms with Gasteiger partial charge in [0.2, 0.25) is 10.0 Å². The third-order valence-corrected chi connectivity index (χ3v) is 6.67. The number of thiophene rings is 1. The predicted octanol–water partition coefficient (Wildman–Crippen LogP) is 2.71. The van der Waals surface area contributed by atoms with E-state index in [4.69, 9.17) is 11.6 Å². The highest BCUT2D eigenvalue weighted by atomic mass is 35.5. The number of hydrogen-bond acceptors (Lipinski definition) is 4. The first-order chi connectivity index (χ1) is 9.40. The molecule has 1 aromatic rings. The van der Waals surface area contributed by atoms with Crippen LogP contribution >= 0.6 is 22.9 Å². The lowest BCUT2D eigenvalue weighted by Crippen LogP contribution is -2.42. The van der Waals surface area contributed by atoms with Crippen molar-refractivity contribution in [2.24, 2.45) is 5.92 Å². The van der Waals surface area contributed by atoms with E-state index in [9.17, 15) is 18.3 Å². The quantitative estimate of drug-likeness (QED) is 0.827. The Balaban J connectivity index is 2.19. The molecule has 2 rings (SSSR count). The van der Waals surface area contributed by atoms with Crippen molar-refractivity contribution in [3.8, 4) is 0 Å². The van der Waals surface area contributed by atoms with Crippen LogP contribution in [-0.2, 0) is 14.8 Å². The molecule has 1 aliphatic carbocycles. The Bertz CT molecular complexity index is 584. The van der Waals surface area contributed by atoms with Crippen LogP contribution in [0.15, 0.2) is 16.3 Å². The normalized spacial score (nSPS) is 24.2. The standard InChI is InChI=1S/C12H16ClNO4S2/c13-10-6-7-11(19-10)20(17,18)14-9-5-3-1-2-4-8(9)12(15)16/h6-9,14H,1-5H2,(H,15,16). The average molecular weight is 338 g/mol. The summed E-state index contributed by atoms with van der Waals surface area (Å²) in [7, 11) is -3.70. The third kappa shape index (κ3) is 3.72. The molecule has 112 valence electrons. The molecule has 0 aromatic carbocycles. The van der Waals surface area contributed by atoms with Gasteiger partial charge in [0.15, 0.2) is 0 Å². The minimum Gasteiger partial charge on any atom is -0.481 e. The highest BCUT2D eigenvalue weighted by Gasteiger charge is 2.33. The Hall–Kier alpha value is -0.630. The Kier molecular flexibility index (Phi) is 5.06. The maximum Gasteiger partial charge on any atom is 0.308 e. The number of carboxylic acid groups (broad SMARTS) is 1. The first kappa shape index (κ1) is 15.8. The number of aliphatic carboxylic acids is 1. The second kappa shape index (κ2) is 6.43. The zero-order valence-electron chi connectivity index (χ0n) is 10.7. The lowest BCUT2D eigenvalue weighted by atomic mass is 9.96. The van der Waals surface area contributed by atoms with E-state index in [1.54, 1.807) is 0 Å². The highest BCUT2D eigenvalue weighted by Crippen LogP contribution is 2.28. The van der Waals surface area contributed by atoms with Gasteiger partial charge in [0.25, 0.3) is 0 Å². The summed E-state index contributed by atoms with van der Waals surface area (Å²) in [6.45, 7) is 0. The zero-order chi connectivity index (χ0) is 14.8. The molecule has 0 radical (unpaired) electrons. The first-order valence-electron chi connectivity index (χ1n) is 6.40. The number of carbonyl (C=O) groups is 1. The van der Waals surface area contributed by atoms with Gasteiger partial charge in [0.1, 0.15) is 4.21 Å². The zero-order valence-corrected chi connectivity index (χ0v) is 13.1. The minimum atomic E-state index is -3.70. The summed E-state index contributed by atoms with van der Waals surface area (Å²) in [6, 6.07) is 2.39. The van der Waals surface area contributed by atoms with Crippen LogP contribution in [0.1, 0.15) is 32.1 Å². The fourth-order valence-corrected chi connectivity index (χ4v) is 5.25. The van der Waals surface area contributed by atoms with E-state index in [2.05, 4.69) is 4.72 Å². The summed E-state index contributed by atoms with van der Waals surface area (Å²) < 4.78 is 27.5. The Morgan fingerprint density at radius 2 is 2.00 bits per heavy atom. The summed E-state index contributed by atoms with van der Waals surface area (Å²) in [6.07, 6.45) is 3.65. The fourth-order valence-electron chi connectivity index (χ4n) is 2.44. The topological polar surface area (TPSA) is 83.5 Å². The molecule has 8 heteroatoms. The Morgan fingerprint density at radius 3 is 2.60 bits per heavy atom. The smallest absolute Gasteiger partial charge is 0.308 e. The van der Waals surface area contributed by atoms with Crippen molar-refractivity contribution in [3.05, 3.63) is 16.5 Å². The number of carboxylic acids is 1. The predicted molar refractivity (Wildman–Crippen MR) is 77.6 cm³/mol. The molecule has 0 saturated heterocycles. The fraction of sp³-hybridized carbons (Fsp3) is 0.583. The van der Waals surface area contributed by atoms with Crippen molar-refractivity contribution in [2.75, 3.05) is 0 Å². The van der Waals surface area contributed by atoms with Crippen molar-refractivity contribution in [1.82, 2.24) is 4.72 Å². The van der Waals surface area contributed by atoms with Gasteiger partial charge in [-0.05, 0) is 25.0 Å². The van der Waals surface area contributed by atoms with E-state index in [1.807, 2.05) is 0 Å². The molecular weight excluding hydrogens is 322 g/mol. The van der Waals surface area contributed by atoms with E-state index < -0.39 is 28.0 Å². The molecule has 1 saturated carbocycles. The van der Waals surface area contributed by atoms with Gasteiger partial charge in [-0.2, -0.15) is 0 Å². The van der Waals surface area contributed by atoms with Crippen LogP contribution in [0, 0.1) is 5.92 Å². The number of nitrogens with one attached hydrogen (secondary N) is 1. The van der Waals surface area contributed by atoms with Crippen molar-refractivity contribution in [1.29, 1.82) is 0 Å². The number of halogens is 1. The van der Waals surface area contributed by atoms with Crippen LogP contribution in [0.25, 0.3) is 0 Å². The van der Waals surface area contributed by atoms with Gasteiger partial charge < -0.3 is 5.11 Å². The minimum absolute atomic E-state index is 0.121. The molecule has 5 nitrogen and oxygen atoms in total. The molecule has 0 spiro atoms. The highest BCUT2D eigenvalue weighted by molar-refractivity contribution is 7.91. The van der Waals surface area contributed by atoms with Crippen LogP contribution in [0.4, 0.5) is 0 Å². The largest absolute Gasteiger partial charge is 0.481 e. The van der Waals surface area contributed by atoms with Gasteiger partial charge in [-0.3, -0.25) is 4.79 Å². The van der Waals surface area contributed by atoms with Gasteiger partial charge in [-0.15, -0.1) is 11.3 Å². The maximum atomic E-state index is 12.2.